The Morgan fingerprint density at radius 2 is 2.19 bits per heavy atom. The Morgan fingerprint density at radius 1 is 1.30 bits per heavy atom. The van der Waals surface area contributed by atoms with E-state index in [1.165, 1.54) is 0 Å². The molecule has 140 valence electrons. The van der Waals surface area contributed by atoms with Crippen LogP contribution in [0.2, 0.25) is 0 Å². The van der Waals surface area contributed by atoms with Crippen molar-refractivity contribution in [3.05, 3.63) is 36.7 Å². The van der Waals surface area contributed by atoms with Crippen LogP contribution in [0.25, 0.3) is 16.9 Å². The van der Waals surface area contributed by atoms with Gasteiger partial charge in [-0.05, 0) is 24.3 Å². The molecule has 1 amide bonds. The lowest BCUT2D eigenvalue weighted by Gasteiger charge is -2.17. The molecule has 1 atom stereocenters. The van der Waals surface area contributed by atoms with Gasteiger partial charge in [0.05, 0.1) is 31.1 Å². The number of ether oxygens (including phenoxy) is 2. The fraction of sp³-hybridized carbons (Fsp3) is 0.333. The second-order valence-electron chi connectivity index (χ2n) is 6.18. The molecule has 0 aromatic carbocycles. The van der Waals surface area contributed by atoms with Crippen molar-refractivity contribution in [1.82, 2.24) is 24.9 Å². The SMILES string of the molecule is CNC(=O)OC1CCN(c2ccc3ncc(-c4cccnc4OC)n3n2)C1. The van der Waals surface area contributed by atoms with Gasteiger partial charge in [0.25, 0.3) is 0 Å². The highest BCUT2D eigenvalue weighted by Gasteiger charge is 2.27. The van der Waals surface area contributed by atoms with Crippen molar-refractivity contribution in [2.75, 3.05) is 32.1 Å². The van der Waals surface area contributed by atoms with Crippen molar-refractivity contribution in [3.63, 3.8) is 0 Å². The maximum Gasteiger partial charge on any atom is 0.407 e. The van der Waals surface area contributed by atoms with Crippen LogP contribution in [0.3, 0.4) is 0 Å². The fourth-order valence-electron chi connectivity index (χ4n) is 3.21. The van der Waals surface area contributed by atoms with Crippen molar-refractivity contribution in [2.45, 2.75) is 12.5 Å². The molecule has 0 radical (unpaired) electrons. The average Bonchev–Trinajstić information content (AvgIpc) is 3.34. The molecule has 0 aliphatic carbocycles. The molecule has 1 fully saturated rings. The first kappa shape index (κ1) is 17.1. The molecule has 3 aromatic rings. The van der Waals surface area contributed by atoms with Gasteiger partial charge in [-0.15, -0.1) is 5.10 Å². The third kappa shape index (κ3) is 3.23. The number of nitrogens with zero attached hydrogens (tertiary/aromatic N) is 5. The van der Waals surface area contributed by atoms with Crippen LogP contribution < -0.4 is 15.0 Å². The lowest BCUT2D eigenvalue weighted by molar-refractivity contribution is 0.110. The zero-order valence-corrected chi connectivity index (χ0v) is 15.1. The van der Waals surface area contributed by atoms with E-state index < -0.39 is 6.09 Å². The molecule has 0 saturated carbocycles. The quantitative estimate of drug-likeness (QED) is 0.749. The Labute approximate surface area is 155 Å². The standard InChI is InChI=1S/C18H20N6O3/c1-19-18(25)27-12-7-9-23(11-12)16-6-5-15-21-10-14(24(15)22-16)13-4-3-8-20-17(13)26-2/h3-6,8,10,12H,7,9,11H2,1-2H3,(H,19,25). The minimum atomic E-state index is -0.411. The van der Waals surface area contributed by atoms with Gasteiger partial charge in [0, 0.05) is 26.2 Å². The number of pyridine rings is 1. The molecule has 9 nitrogen and oxygen atoms in total. The van der Waals surface area contributed by atoms with Crippen LogP contribution in [0.5, 0.6) is 5.88 Å². The molecular formula is C18H20N6O3. The zero-order valence-electron chi connectivity index (χ0n) is 15.1. The minimum absolute atomic E-state index is 0.150. The Morgan fingerprint density at radius 3 is 3.00 bits per heavy atom. The van der Waals surface area contributed by atoms with Crippen LogP contribution in [0.1, 0.15) is 6.42 Å². The molecule has 0 spiro atoms. The monoisotopic (exact) mass is 368 g/mol. The van der Waals surface area contributed by atoms with E-state index in [1.54, 1.807) is 31.1 Å². The van der Waals surface area contributed by atoms with Crippen molar-refractivity contribution in [1.29, 1.82) is 0 Å². The van der Waals surface area contributed by atoms with Crippen LogP contribution in [0.15, 0.2) is 36.7 Å². The lowest BCUT2D eigenvalue weighted by Crippen LogP contribution is -2.29. The van der Waals surface area contributed by atoms with Gasteiger partial charge >= 0.3 is 6.09 Å². The van der Waals surface area contributed by atoms with Crippen LogP contribution >= 0.6 is 0 Å². The molecule has 9 heteroatoms. The Hall–Kier alpha value is -3.36. The van der Waals surface area contributed by atoms with E-state index in [1.807, 2.05) is 24.3 Å². The molecule has 27 heavy (non-hydrogen) atoms. The number of rotatable bonds is 4. The topological polar surface area (TPSA) is 93.9 Å². The lowest BCUT2D eigenvalue weighted by atomic mass is 10.2. The first-order valence-electron chi connectivity index (χ1n) is 8.67. The predicted octanol–water partition coefficient (Wildman–Crippen LogP) is 1.73. The Balaban J connectivity index is 1.64. The number of imidazole rings is 1. The molecule has 1 aliphatic rings. The number of anilines is 1. The third-order valence-corrected chi connectivity index (χ3v) is 4.54. The summed E-state index contributed by atoms with van der Waals surface area (Å²) in [5, 5.41) is 7.22. The highest BCUT2D eigenvalue weighted by atomic mass is 16.6. The summed E-state index contributed by atoms with van der Waals surface area (Å²) in [6.45, 7) is 1.37. The number of alkyl carbamates (subject to hydrolysis) is 1. The van der Waals surface area contributed by atoms with Gasteiger partial charge in [-0.1, -0.05) is 0 Å². The van der Waals surface area contributed by atoms with Gasteiger partial charge in [-0.25, -0.2) is 19.3 Å². The minimum Gasteiger partial charge on any atom is -0.481 e. The fourth-order valence-corrected chi connectivity index (χ4v) is 3.21. The normalized spacial score (nSPS) is 16.5. The van der Waals surface area contributed by atoms with Crippen LogP contribution in [0.4, 0.5) is 10.6 Å². The second kappa shape index (κ2) is 7.10. The molecule has 1 aliphatic heterocycles. The predicted molar refractivity (Wildman–Crippen MR) is 98.9 cm³/mol. The van der Waals surface area contributed by atoms with Crippen LogP contribution in [0, 0.1) is 0 Å². The zero-order chi connectivity index (χ0) is 18.8. The maximum atomic E-state index is 11.4. The van der Waals surface area contributed by atoms with Gasteiger partial charge in [0.1, 0.15) is 11.9 Å². The summed E-state index contributed by atoms with van der Waals surface area (Å²) in [4.78, 5) is 22.2. The van der Waals surface area contributed by atoms with Crippen molar-refractivity contribution in [3.8, 4) is 17.1 Å². The van der Waals surface area contributed by atoms with Gasteiger partial charge in [0.2, 0.25) is 5.88 Å². The Kier molecular flexibility index (Phi) is 4.49. The number of aromatic nitrogens is 4. The van der Waals surface area contributed by atoms with E-state index in [0.29, 0.717) is 12.4 Å². The van der Waals surface area contributed by atoms with Crippen LogP contribution in [-0.2, 0) is 4.74 Å². The molecule has 1 unspecified atom stereocenters. The first-order chi connectivity index (χ1) is 13.2. The summed E-state index contributed by atoms with van der Waals surface area (Å²) in [5.41, 5.74) is 2.35. The largest absolute Gasteiger partial charge is 0.481 e. The summed E-state index contributed by atoms with van der Waals surface area (Å²) in [6, 6.07) is 7.62. The molecule has 4 rings (SSSR count). The number of fused-ring (bicyclic) bond motifs is 1. The number of carbonyl (C=O) groups excluding carboxylic acids is 1. The summed E-state index contributed by atoms with van der Waals surface area (Å²) in [6.07, 6.45) is 3.64. The highest BCUT2D eigenvalue weighted by Crippen LogP contribution is 2.29. The first-order valence-corrected chi connectivity index (χ1v) is 8.67. The van der Waals surface area contributed by atoms with E-state index in [2.05, 4.69) is 20.2 Å². The number of hydrogen-bond donors (Lipinski definition) is 1. The second-order valence-corrected chi connectivity index (χ2v) is 6.18. The number of methoxy groups -OCH3 is 1. The molecule has 3 aromatic heterocycles. The summed E-state index contributed by atoms with van der Waals surface area (Å²) < 4.78 is 12.5. The number of carbonyl (C=O) groups is 1. The highest BCUT2D eigenvalue weighted by molar-refractivity contribution is 5.68. The van der Waals surface area contributed by atoms with Crippen molar-refractivity contribution in [2.24, 2.45) is 0 Å². The molecule has 1 N–H and O–H groups in total. The summed E-state index contributed by atoms with van der Waals surface area (Å²) in [7, 11) is 3.14. The number of amides is 1. The summed E-state index contributed by atoms with van der Waals surface area (Å²) in [5.74, 6) is 1.32. The van der Waals surface area contributed by atoms with Crippen molar-refractivity contribution < 1.29 is 14.3 Å². The average molecular weight is 368 g/mol. The Bertz CT molecular complexity index is 973. The van der Waals surface area contributed by atoms with E-state index in [-0.39, 0.29) is 6.10 Å². The van der Waals surface area contributed by atoms with E-state index in [0.717, 1.165) is 35.7 Å². The van der Waals surface area contributed by atoms with Gasteiger partial charge < -0.3 is 19.7 Å². The molecule has 4 heterocycles. The van der Waals surface area contributed by atoms with Crippen LogP contribution in [-0.4, -0.2) is 59.0 Å². The molecule has 0 bridgehead atoms. The van der Waals surface area contributed by atoms with Gasteiger partial charge in [-0.2, -0.15) is 0 Å². The smallest absolute Gasteiger partial charge is 0.407 e. The molecular weight excluding hydrogens is 348 g/mol. The summed E-state index contributed by atoms with van der Waals surface area (Å²) >= 11 is 0. The van der Waals surface area contributed by atoms with Gasteiger partial charge in [0.15, 0.2) is 5.65 Å². The third-order valence-electron chi connectivity index (χ3n) is 4.54. The number of nitrogens with one attached hydrogen (secondary N) is 1. The van der Waals surface area contributed by atoms with Crippen molar-refractivity contribution >= 4 is 17.6 Å². The molecule has 1 saturated heterocycles. The number of hydrogen-bond acceptors (Lipinski definition) is 7. The van der Waals surface area contributed by atoms with E-state index >= 15 is 0 Å². The van der Waals surface area contributed by atoms with Gasteiger partial charge in [-0.3, -0.25) is 0 Å². The maximum absolute atomic E-state index is 11.4. The van der Waals surface area contributed by atoms with E-state index in [9.17, 15) is 4.79 Å². The van der Waals surface area contributed by atoms with E-state index in [4.69, 9.17) is 14.6 Å².